The zero-order chi connectivity index (χ0) is 7.28. The topological polar surface area (TPSA) is 73.2 Å². The summed E-state index contributed by atoms with van der Waals surface area (Å²) >= 11 is 0. The van der Waals surface area contributed by atoms with Crippen molar-refractivity contribution < 1.29 is 44.2 Å². The molecule has 48 valence electrons. The number of carbonyl (C=O) groups excluding carboxylic acids is 1. The SMILES string of the molecule is COC(=O)/C([O-])=C/C#N.[Na+]. The predicted molar refractivity (Wildman–Crippen MR) is 25.7 cm³/mol. The zero-order valence-electron chi connectivity index (χ0n) is 5.75. The average Bonchev–Trinajstić information content (AvgIpc) is 1.87. The van der Waals surface area contributed by atoms with Crippen LogP contribution in [0.5, 0.6) is 0 Å². The van der Waals surface area contributed by atoms with Gasteiger partial charge in [0.15, 0.2) is 0 Å². The molecule has 10 heavy (non-hydrogen) atoms. The third-order valence-corrected chi connectivity index (χ3v) is 0.582. The second-order valence-electron chi connectivity index (χ2n) is 1.13. The van der Waals surface area contributed by atoms with Gasteiger partial charge >= 0.3 is 35.5 Å². The van der Waals surface area contributed by atoms with E-state index in [1.807, 2.05) is 0 Å². The first-order valence-electron chi connectivity index (χ1n) is 2.07. The van der Waals surface area contributed by atoms with E-state index in [1.165, 1.54) is 6.07 Å². The van der Waals surface area contributed by atoms with Gasteiger partial charge in [-0.3, -0.25) is 0 Å². The van der Waals surface area contributed by atoms with Crippen LogP contribution in [0.25, 0.3) is 0 Å². The van der Waals surface area contributed by atoms with Gasteiger partial charge in [-0.2, -0.15) is 5.26 Å². The van der Waals surface area contributed by atoms with Crippen LogP contribution < -0.4 is 34.7 Å². The number of carbonyl (C=O) groups is 1. The maximum absolute atomic E-state index is 10.2. The second kappa shape index (κ2) is 6.62. The molecule has 0 aromatic carbocycles. The standard InChI is InChI=1S/C5H5NO3.Na/c1-9-5(8)4(7)2-3-6;/h2,7H,1H3;/q;+1/p-1/b4-2-;. The summed E-state index contributed by atoms with van der Waals surface area (Å²) in [6, 6.07) is 1.41. The van der Waals surface area contributed by atoms with Crippen LogP contribution in [0.15, 0.2) is 11.8 Å². The van der Waals surface area contributed by atoms with Gasteiger partial charge < -0.3 is 9.84 Å². The number of rotatable bonds is 1. The van der Waals surface area contributed by atoms with Crippen molar-refractivity contribution in [3.05, 3.63) is 11.8 Å². The molecule has 0 amide bonds. The molecule has 0 radical (unpaired) electrons. The van der Waals surface area contributed by atoms with Gasteiger partial charge in [-0.25, -0.2) is 4.79 Å². The fourth-order valence-electron chi connectivity index (χ4n) is 0.218. The molecule has 0 fully saturated rings. The molecule has 0 rings (SSSR count). The van der Waals surface area contributed by atoms with E-state index >= 15 is 0 Å². The summed E-state index contributed by atoms with van der Waals surface area (Å²) < 4.78 is 3.99. The van der Waals surface area contributed by atoms with Crippen LogP contribution in [0.2, 0.25) is 0 Å². The largest absolute Gasteiger partial charge is 1.00 e. The molecule has 0 aliphatic rings. The van der Waals surface area contributed by atoms with Gasteiger partial charge in [0.2, 0.25) is 0 Å². The van der Waals surface area contributed by atoms with Gasteiger partial charge in [0.1, 0.15) is 0 Å². The van der Waals surface area contributed by atoms with E-state index in [-0.39, 0.29) is 29.6 Å². The fourth-order valence-corrected chi connectivity index (χ4v) is 0.218. The number of hydrogen-bond donors (Lipinski definition) is 0. The van der Waals surface area contributed by atoms with Crippen molar-refractivity contribution in [2.45, 2.75) is 0 Å². The summed E-state index contributed by atoms with van der Waals surface area (Å²) in [5.41, 5.74) is 0. The number of allylic oxidation sites excluding steroid dienone is 1. The quantitative estimate of drug-likeness (QED) is 0.125. The molecule has 0 spiro atoms. The average molecular weight is 149 g/mol. The third-order valence-electron chi connectivity index (χ3n) is 0.582. The van der Waals surface area contributed by atoms with Gasteiger partial charge in [0.05, 0.1) is 13.2 Å². The van der Waals surface area contributed by atoms with Crippen LogP contribution in [0, 0.1) is 11.3 Å². The molecule has 0 N–H and O–H groups in total. The van der Waals surface area contributed by atoms with Crippen molar-refractivity contribution >= 4 is 5.97 Å². The first-order valence-corrected chi connectivity index (χ1v) is 2.07. The number of nitriles is 1. The monoisotopic (exact) mass is 149 g/mol. The molecule has 0 bridgehead atoms. The molecule has 0 atom stereocenters. The molecule has 0 aliphatic heterocycles. The molecule has 0 aliphatic carbocycles. The minimum absolute atomic E-state index is 0. The Morgan fingerprint density at radius 3 is 2.60 bits per heavy atom. The number of ether oxygens (including phenoxy) is 1. The molecule has 0 saturated carbocycles. The summed E-state index contributed by atoms with van der Waals surface area (Å²) in [7, 11) is 1.07. The van der Waals surface area contributed by atoms with E-state index in [2.05, 4.69) is 4.74 Å². The smallest absolute Gasteiger partial charge is 0.867 e. The summed E-state index contributed by atoms with van der Waals surface area (Å²) in [6.45, 7) is 0. The Balaban J connectivity index is 0. The maximum Gasteiger partial charge on any atom is 1.00 e. The van der Waals surface area contributed by atoms with Crippen molar-refractivity contribution in [2.75, 3.05) is 7.11 Å². The minimum Gasteiger partial charge on any atom is -0.867 e. The number of esters is 1. The van der Waals surface area contributed by atoms with Crippen molar-refractivity contribution in [1.82, 2.24) is 0 Å². The molecular weight excluding hydrogens is 145 g/mol. The molecular formula is C5H4NNaO3. The Labute approximate surface area is 80.4 Å². The van der Waals surface area contributed by atoms with Crippen molar-refractivity contribution in [2.24, 2.45) is 0 Å². The van der Waals surface area contributed by atoms with Crippen molar-refractivity contribution in [3.63, 3.8) is 0 Å². The van der Waals surface area contributed by atoms with Crippen LogP contribution >= 0.6 is 0 Å². The van der Waals surface area contributed by atoms with E-state index in [1.54, 1.807) is 0 Å². The number of hydrogen-bond acceptors (Lipinski definition) is 4. The van der Waals surface area contributed by atoms with E-state index in [0.717, 1.165) is 7.11 Å². The van der Waals surface area contributed by atoms with Gasteiger partial charge in [-0.05, 0) is 5.76 Å². The number of methoxy groups -OCH3 is 1. The molecule has 0 unspecified atom stereocenters. The van der Waals surface area contributed by atoms with Crippen molar-refractivity contribution in [1.29, 1.82) is 5.26 Å². The van der Waals surface area contributed by atoms with E-state index in [9.17, 15) is 9.90 Å². The molecule has 0 aromatic rings. The molecule has 0 saturated heterocycles. The molecule has 0 heterocycles. The molecule has 5 heteroatoms. The predicted octanol–water partition coefficient (Wildman–Crippen LogP) is -4.07. The van der Waals surface area contributed by atoms with Crippen LogP contribution in [0.1, 0.15) is 0 Å². The van der Waals surface area contributed by atoms with E-state index < -0.39 is 11.7 Å². The van der Waals surface area contributed by atoms with Gasteiger partial charge in [0.25, 0.3) is 0 Å². The first kappa shape index (κ1) is 12.2. The zero-order valence-corrected chi connectivity index (χ0v) is 7.75. The fraction of sp³-hybridized carbons (Fsp3) is 0.200. The summed E-state index contributed by atoms with van der Waals surface area (Å²) in [6.07, 6.45) is 0.589. The van der Waals surface area contributed by atoms with E-state index in [4.69, 9.17) is 5.26 Å². The van der Waals surface area contributed by atoms with Crippen molar-refractivity contribution in [3.8, 4) is 6.07 Å². The van der Waals surface area contributed by atoms with Gasteiger partial charge in [-0.15, -0.1) is 0 Å². The minimum atomic E-state index is -1.02. The Morgan fingerprint density at radius 1 is 1.80 bits per heavy atom. The van der Waals surface area contributed by atoms with Gasteiger partial charge in [-0.1, -0.05) is 0 Å². The maximum atomic E-state index is 10.2. The number of nitrogens with zero attached hydrogens (tertiary/aromatic N) is 1. The Bertz CT molecular complexity index is 182. The normalized spacial score (nSPS) is 9.00. The third kappa shape index (κ3) is 4.39. The van der Waals surface area contributed by atoms with Crippen LogP contribution in [-0.2, 0) is 9.53 Å². The Kier molecular flexibility index (Phi) is 8.07. The van der Waals surface area contributed by atoms with Crippen LogP contribution in [-0.4, -0.2) is 13.1 Å². The summed E-state index contributed by atoms with van der Waals surface area (Å²) in [4.78, 5) is 10.1. The summed E-state index contributed by atoms with van der Waals surface area (Å²) in [5.74, 6) is -1.95. The van der Waals surface area contributed by atoms with Crippen LogP contribution in [0.4, 0.5) is 0 Å². The Morgan fingerprint density at radius 2 is 2.30 bits per heavy atom. The van der Waals surface area contributed by atoms with E-state index in [0.29, 0.717) is 6.08 Å². The Hall–Kier alpha value is -0.500. The second-order valence-corrected chi connectivity index (χ2v) is 1.13. The first-order chi connectivity index (χ1) is 4.22. The van der Waals surface area contributed by atoms with Gasteiger partial charge in [0, 0.05) is 6.08 Å². The molecule has 0 aromatic heterocycles. The summed E-state index contributed by atoms with van der Waals surface area (Å²) in [5, 5.41) is 18.1. The molecule has 4 nitrogen and oxygen atoms in total. The van der Waals surface area contributed by atoms with Crippen LogP contribution in [0.3, 0.4) is 0 Å².